The van der Waals surface area contributed by atoms with Crippen LogP contribution in [-0.4, -0.2) is 35.7 Å². The highest BCUT2D eigenvalue weighted by molar-refractivity contribution is 14.0. The van der Waals surface area contributed by atoms with Crippen LogP contribution in [0.15, 0.2) is 53.5 Å². The lowest BCUT2D eigenvalue weighted by Gasteiger charge is -2.14. The van der Waals surface area contributed by atoms with Crippen molar-refractivity contribution >= 4 is 46.4 Å². The zero-order chi connectivity index (χ0) is 19.5. The van der Waals surface area contributed by atoms with Gasteiger partial charge in [0.1, 0.15) is 11.5 Å². The van der Waals surface area contributed by atoms with Crippen LogP contribution in [-0.2, 0) is 16.6 Å². The Bertz CT molecular complexity index is 773. The van der Waals surface area contributed by atoms with E-state index in [-0.39, 0.29) is 29.9 Å². The van der Waals surface area contributed by atoms with Gasteiger partial charge in [0.25, 0.3) is 0 Å². The van der Waals surface area contributed by atoms with Gasteiger partial charge in [0.15, 0.2) is 5.96 Å². The monoisotopic (exact) mass is 517 g/mol. The van der Waals surface area contributed by atoms with E-state index in [4.69, 9.17) is 15.2 Å². The lowest BCUT2D eigenvalue weighted by molar-refractivity contribution is 0.332. The summed E-state index contributed by atoms with van der Waals surface area (Å²) in [7, 11) is -0.983. The van der Waals surface area contributed by atoms with E-state index in [9.17, 15) is 4.21 Å². The van der Waals surface area contributed by atoms with Gasteiger partial charge >= 0.3 is 0 Å². The van der Waals surface area contributed by atoms with Crippen molar-refractivity contribution < 1.29 is 13.7 Å². The number of nitrogens with two attached hydrogens (primary N) is 1. The van der Waals surface area contributed by atoms with Crippen LogP contribution in [0.25, 0.3) is 0 Å². The third kappa shape index (κ3) is 8.47. The molecule has 0 amide bonds. The second-order valence-electron chi connectivity index (χ2n) is 5.69. The van der Waals surface area contributed by atoms with E-state index in [1.807, 2.05) is 62.4 Å². The molecule has 2 rings (SSSR count). The first-order valence-electron chi connectivity index (χ1n) is 8.97. The van der Waals surface area contributed by atoms with Gasteiger partial charge in [0, 0.05) is 28.4 Å². The van der Waals surface area contributed by atoms with Gasteiger partial charge in [-0.2, -0.15) is 0 Å². The Balaban J connectivity index is 0.00000392. The van der Waals surface area contributed by atoms with Crippen LogP contribution in [0.1, 0.15) is 19.4 Å². The molecule has 2 aromatic rings. The Morgan fingerprint density at radius 3 is 2.50 bits per heavy atom. The van der Waals surface area contributed by atoms with Gasteiger partial charge in [0.05, 0.1) is 25.4 Å². The zero-order valence-corrected chi connectivity index (χ0v) is 19.4. The summed E-state index contributed by atoms with van der Waals surface area (Å²) in [6, 6.07) is 15.3. The van der Waals surface area contributed by atoms with Crippen LogP contribution in [0.2, 0.25) is 0 Å². The third-order valence-corrected chi connectivity index (χ3v) is 4.89. The number of rotatable bonds is 10. The lowest BCUT2D eigenvalue weighted by Crippen LogP contribution is -2.24. The average Bonchev–Trinajstić information content (AvgIpc) is 2.65. The molecular weight excluding hydrogens is 489 g/mol. The first kappa shape index (κ1) is 24.2. The largest absolute Gasteiger partial charge is 0.494 e. The molecule has 0 fully saturated rings. The first-order valence-corrected chi connectivity index (χ1v) is 10.5. The van der Waals surface area contributed by atoms with E-state index >= 15 is 0 Å². The predicted molar refractivity (Wildman–Crippen MR) is 127 cm³/mol. The number of nitrogens with one attached hydrogen (secondary N) is 1. The van der Waals surface area contributed by atoms with Crippen molar-refractivity contribution in [3.63, 3.8) is 0 Å². The quantitative estimate of drug-likeness (QED) is 0.285. The molecule has 1 unspecified atom stereocenters. The highest BCUT2D eigenvalue weighted by Gasteiger charge is 2.07. The molecule has 28 heavy (non-hydrogen) atoms. The zero-order valence-electron chi connectivity index (χ0n) is 16.2. The molecule has 0 aliphatic carbocycles. The van der Waals surface area contributed by atoms with Crippen molar-refractivity contribution in [3.05, 3.63) is 54.1 Å². The lowest BCUT2D eigenvalue weighted by atomic mass is 10.2. The molecule has 0 bridgehead atoms. The summed E-state index contributed by atoms with van der Waals surface area (Å²) in [5, 5.41) is 3.04. The SMILES string of the molecule is CCOc1ccc(OCC)c(NC(N)=NCCS(=O)Cc2ccccc2)c1.I. The fraction of sp³-hybridized carbons (Fsp3) is 0.350. The maximum absolute atomic E-state index is 12.2. The maximum atomic E-state index is 12.2. The number of guanidine groups is 1. The summed E-state index contributed by atoms with van der Waals surface area (Å²) in [5.74, 6) is 2.62. The van der Waals surface area contributed by atoms with Crippen LogP contribution in [0.3, 0.4) is 0 Å². The van der Waals surface area contributed by atoms with E-state index in [0.717, 1.165) is 11.3 Å². The van der Waals surface area contributed by atoms with Crippen LogP contribution >= 0.6 is 24.0 Å². The summed E-state index contributed by atoms with van der Waals surface area (Å²) >= 11 is 0. The minimum atomic E-state index is -0.983. The molecule has 8 heteroatoms. The van der Waals surface area contributed by atoms with Crippen LogP contribution in [0.4, 0.5) is 5.69 Å². The Morgan fingerprint density at radius 2 is 1.82 bits per heavy atom. The maximum Gasteiger partial charge on any atom is 0.193 e. The number of halogens is 1. The molecule has 154 valence electrons. The second kappa shape index (κ2) is 13.4. The number of benzene rings is 2. The normalized spacial score (nSPS) is 12.0. The van der Waals surface area contributed by atoms with Crippen molar-refractivity contribution in [2.75, 3.05) is 30.8 Å². The third-order valence-electron chi connectivity index (χ3n) is 3.60. The molecule has 6 nitrogen and oxygen atoms in total. The number of ether oxygens (including phenoxy) is 2. The van der Waals surface area contributed by atoms with E-state index in [1.165, 1.54) is 0 Å². The van der Waals surface area contributed by atoms with Gasteiger partial charge in [-0.3, -0.25) is 9.20 Å². The Morgan fingerprint density at radius 1 is 1.11 bits per heavy atom. The van der Waals surface area contributed by atoms with Gasteiger partial charge in [-0.1, -0.05) is 30.3 Å². The standard InChI is InChI=1S/C20H27N3O3S.HI/c1-3-25-17-10-11-19(26-4-2)18(14-17)23-20(21)22-12-13-27(24)15-16-8-6-5-7-9-16;/h5-11,14H,3-4,12-13,15H2,1-2H3,(H3,21,22,23);1H. The number of aliphatic imine (C=N–C) groups is 1. The van der Waals surface area contributed by atoms with Crippen molar-refractivity contribution in [1.82, 2.24) is 0 Å². The molecule has 3 N–H and O–H groups in total. The topological polar surface area (TPSA) is 85.9 Å². The molecule has 1 atom stereocenters. The average molecular weight is 517 g/mol. The molecule has 0 saturated heterocycles. The van der Waals surface area contributed by atoms with Gasteiger partial charge < -0.3 is 20.5 Å². The highest BCUT2D eigenvalue weighted by Crippen LogP contribution is 2.29. The molecule has 2 aromatic carbocycles. The molecule has 0 aliphatic rings. The first-order chi connectivity index (χ1) is 13.1. The van der Waals surface area contributed by atoms with Gasteiger partial charge in [0.2, 0.25) is 0 Å². The smallest absolute Gasteiger partial charge is 0.193 e. The van der Waals surface area contributed by atoms with Crippen LogP contribution in [0, 0.1) is 0 Å². The van der Waals surface area contributed by atoms with Crippen molar-refractivity contribution in [1.29, 1.82) is 0 Å². The van der Waals surface area contributed by atoms with Gasteiger partial charge in [-0.05, 0) is 31.5 Å². The molecule has 0 aromatic heterocycles. The van der Waals surface area contributed by atoms with E-state index < -0.39 is 10.8 Å². The molecular formula is C20H28IN3O3S. The molecule has 0 spiro atoms. The molecule has 0 aliphatic heterocycles. The predicted octanol–water partition coefficient (Wildman–Crippen LogP) is 3.78. The number of nitrogens with zero attached hydrogens (tertiary/aromatic N) is 1. The van der Waals surface area contributed by atoms with Crippen LogP contribution < -0.4 is 20.5 Å². The Hall–Kier alpha value is -1.81. The Labute approximate surface area is 186 Å². The van der Waals surface area contributed by atoms with Gasteiger partial charge in [-0.15, -0.1) is 24.0 Å². The summed E-state index contributed by atoms with van der Waals surface area (Å²) in [6.07, 6.45) is 0. The van der Waals surface area contributed by atoms with E-state index in [2.05, 4.69) is 10.3 Å². The number of hydrogen-bond donors (Lipinski definition) is 2. The summed E-state index contributed by atoms with van der Waals surface area (Å²) in [5.41, 5.74) is 7.72. The minimum Gasteiger partial charge on any atom is -0.494 e. The number of hydrogen-bond acceptors (Lipinski definition) is 4. The molecule has 0 radical (unpaired) electrons. The fourth-order valence-electron chi connectivity index (χ4n) is 2.42. The summed E-state index contributed by atoms with van der Waals surface area (Å²) < 4.78 is 23.3. The summed E-state index contributed by atoms with van der Waals surface area (Å²) in [6.45, 7) is 5.34. The van der Waals surface area contributed by atoms with E-state index in [1.54, 1.807) is 0 Å². The summed E-state index contributed by atoms with van der Waals surface area (Å²) in [4.78, 5) is 4.27. The van der Waals surface area contributed by atoms with Crippen LogP contribution in [0.5, 0.6) is 11.5 Å². The van der Waals surface area contributed by atoms with Crippen molar-refractivity contribution in [3.8, 4) is 11.5 Å². The van der Waals surface area contributed by atoms with E-state index in [0.29, 0.717) is 42.7 Å². The van der Waals surface area contributed by atoms with Gasteiger partial charge in [-0.25, -0.2) is 0 Å². The molecule has 0 saturated carbocycles. The van der Waals surface area contributed by atoms with Crippen molar-refractivity contribution in [2.45, 2.75) is 19.6 Å². The Kier molecular flexibility index (Phi) is 11.6. The number of anilines is 1. The molecule has 0 heterocycles. The highest BCUT2D eigenvalue weighted by atomic mass is 127. The second-order valence-corrected chi connectivity index (χ2v) is 7.27. The van der Waals surface area contributed by atoms with Crippen molar-refractivity contribution in [2.24, 2.45) is 10.7 Å². The minimum absolute atomic E-state index is 0. The fourth-order valence-corrected chi connectivity index (χ4v) is 3.43.